The number of nitrogens with one attached hydrogen (secondary N) is 1. The van der Waals surface area contributed by atoms with Crippen molar-refractivity contribution < 1.29 is 17.7 Å². The molecule has 7 nitrogen and oxygen atoms in total. The molecule has 1 amide bonds. The molecule has 3 aromatic rings. The van der Waals surface area contributed by atoms with Gasteiger partial charge < -0.3 is 9.84 Å². The highest BCUT2D eigenvalue weighted by atomic mass is 35.5. The third kappa shape index (κ3) is 6.28. The molecule has 10 heteroatoms. The molecule has 0 atom stereocenters. The van der Waals surface area contributed by atoms with E-state index >= 15 is 0 Å². The Hall–Kier alpha value is -2.42. The maximum atomic E-state index is 12.4. The van der Waals surface area contributed by atoms with Crippen LogP contribution in [-0.4, -0.2) is 24.5 Å². The van der Waals surface area contributed by atoms with Gasteiger partial charge in [0.1, 0.15) is 5.75 Å². The van der Waals surface area contributed by atoms with Crippen LogP contribution in [0.5, 0.6) is 0 Å². The van der Waals surface area contributed by atoms with Crippen LogP contribution < -0.4 is 5.32 Å². The number of amides is 1. The summed E-state index contributed by atoms with van der Waals surface area (Å²) in [6.07, 6.45) is 0.335. The first-order valence-electron chi connectivity index (χ1n) is 8.63. The van der Waals surface area contributed by atoms with Crippen molar-refractivity contribution in [2.45, 2.75) is 30.0 Å². The number of aromatic nitrogens is 2. The molecular formula is C19H17Cl2N3O4S. The number of rotatable bonds is 8. The normalized spacial score (nSPS) is 11.4. The predicted molar refractivity (Wildman–Crippen MR) is 108 cm³/mol. The number of hydrogen-bond donors (Lipinski definition) is 1. The van der Waals surface area contributed by atoms with Crippen molar-refractivity contribution >= 4 is 38.9 Å². The Morgan fingerprint density at radius 1 is 1.07 bits per heavy atom. The Kier molecular flexibility index (Phi) is 6.89. The summed E-state index contributed by atoms with van der Waals surface area (Å²) in [4.78, 5) is 16.2. The van der Waals surface area contributed by atoms with E-state index in [1.807, 2.05) is 12.1 Å². The van der Waals surface area contributed by atoms with Gasteiger partial charge in [-0.15, -0.1) is 0 Å². The maximum Gasteiger partial charge on any atom is 0.227 e. The lowest BCUT2D eigenvalue weighted by atomic mass is 10.2. The molecule has 0 saturated heterocycles. The third-order valence-electron chi connectivity index (χ3n) is 3.95. The number of halogens is 2. The Bertz CT molecular complexity index is 1100. The van der Waals surface area contributed by atoms with Crippen molar-refractivity contribution in [1.29, 1.82) is 0 Å². The van der Waals surface area contributed by atoms with Crippen molar-refractivity contribution in [3.05, 3.63) is 75.9 Å². The topological polar surface area (TPSA) is 102 Å². The highest BCUT2D eigenvalue weighted by Gasteiger charge is 2.19. The standard InChI is InChI=1S/C19H17Cl2N3O4S/c20-14-4-6-16(7-5-14)29(26,27)12-17-23-19(28-24-17)9-8-18(25)22-11-13-2-1-3-15(21)10-13/h1-7,10H,8-9,11-12H2,(H,22,25). The SMILES string of the molecule is O=C(CCc1nc(CS(=O)(=O)c2ccc(Cl)cc2)no1)NCc1cccc(Cl)c1. The number of hydrogen-bond acceptors (Lipinski definition) is 6. The molecular weight excluding hydrogens is 437 g/mol. The van der Waals surface area contributed by atoms with Crippen LogP contribution in [0.25, 0.3) is 0 Å². The van der Waals surface area contributed by atoms with Gasteiger partial charge in [-0.1, -0.05) is 40.5 Å². The minimum Gasteiger partial charge on any atom is -0.352 e. The molecule has 152 valence electrons. The van der Waals surface area contributed by atoms with Crippen LogP contribution >= 0.6 is 23.2 Å². The molecule has 1 N–H and O–H groups in total. The fraction of sp³-hybridized carbons (Fsp3) is 0.211. The van der Waals surface area contributed by atoms with Gasteiger partial charge in [0.2, 0.25) is 11.8 Å². The molecule has 0 aliphatic heterocycles. The minimum atomic E-state index is -3.62. The number of sulfone groups is 1. The molecule has 0 bridgehead atoms. The molecule has 0 aliphatic carbocycles. The van der Waals surface area contributed by atoms with E-state index < -0.39 is 15.6 Å². The zero-order chi connectivity index (χ0) is 20.9. The lowest BCUT2D eigenvalue weighted by Gasteiger charge is -2.04. The molecule has 0 fully saturated rings. The predicted octanol–water partition coefficient (Wildman–Crippen LogP) is 3.60. The average molecular weight is 454 g/mol. The first kappa shape index (κ1) is 21.3. The van der Waals surface area contributed by atoms with Gasteiger partial charge in [0.25, 0.3) is 0 Å². The van der Waals surface area contributed by atoms with Gasteiger partial charge in [-0.05, 0) is 42.0 Å². The Morgan fingerprint density at radius 3 is 2.55 bits per heavy atom. The van der Waals surface area contributed by atoms with Crippen LogP contribution in [0.3, 0.4) is 0 Å². The summed E-state index contributed by atoms with van der Waals surface area (Å²) in [6.45, 7) is 0.355. The van der Waals surface area contributed by atoms with Gasteiger partial charge in [-0.2, -0.15) is 4.98 Å². The first-order valence-corrected chi connectivity index (χ1v) is 11.0. The van der Waals surface area contributed by atoms with Gasteiger partial charge in [-0.25, -0.2) is 8.42 Å². The van der Waals surface area contributed by atoms with E-state index in [1.54, 1.807) is 12.1 Å². The molecule has 29 heavy (non-hydrogen) atoms. The summed E-state index contributed by atoms with van der Waals surface area (Å²) in [5, 5.41) is 7.51. The first-order chi connectivity index (χ1) is 13.8. The van der Waals surface area contributed by atoms with Gasteiger partial charge in [-0.3, -0.25) is 4.79 Å². The molecule has 2 aromatic carbocycles. The zero-order valence-corrected chi connectivity index (χ0v) is 17.5. The fourth-order valence-electron chi connectivity index (χ4n) is 2.50. The minimum absolute atomic E-state index is 0.0364. The van der Waals surface area contributed by atoms with Crippen molar-refractivity contribution in [3.63, 3.8) is 0 Å². The zero-order valence-electron chi connectivity index (χ0n) is 15.1. The second-order valence-electron chi connectivity index (χ2n) is 6.22. The van der Waals surface area contributed by atoms with Gasteiger partial charge in [0.15, 0.2) is 15.7 Å². The number of nitrogens with zero attached hydrogens (tertiary/aromatic N) is 2. The molecule has 0 unspecified atom stereocenters. The second kappa shape index (κ2) is 9.39. The van der Waals surface area contributed by atoms with E-state index in [2.05, 4.69) is 15.5 Å². The van der Waals surface area contributed by atoms with Gasteiger partial charge >= 0.3 is 0 Å². The molecule has 1 heterocycles. The summed E-state index contributed by atoms with van der Waals surface area (Å²) < 4.78 is 29.8. The fourth-order valence-corrected chi connectivity index (χ4v) is 4.02. The van der Waals surface area contributed by atoms with E-state index in [1.165, 1.54) is 24.3 Å². The summed E-state index contributed by atoms with van der Waals surface area (Å²) in [7, 11) is -3.62. The molecule has 0 spiro atoms. The molecule has 1 aromatic heterocycles. The number of carbonyl (C=O) groups excluding carboxylic acids is 1. The molecule has 3 rings (SSSR count). The highest BCUT2D eigenvalue weighted by molar-refractivity contribution is 7.90. The quantitative estimate of drug-likeness (QED) is 0.558. The van der Waals surface area contributed by atoms with E-state index in [0.29, 0.717) is 16.6 Å². The van der Waals surface area contributed by atoms with E-state index in [0.717, 1.165) is 5.56 Å². The highest BCUT2D eigenvalue weighted by Crippen LogP contribution is 2.18. The Balaban J connectivity index is 1.51. The number of carbonyl (C=O) groups is 1. The van der Waals surface area contributed by atoms with Crippen LogP contribution in [0.2, 0.25) is 10.0 Å². The van der Waals surface area contributed by atoms with E-state index in [4.69, 9.17) is 27.7 Å². The summed E-state index contributed by atoms with van der Waals surface area (Å²) in [5.41, 5.74) is 0.887. The second-order valence-corrected chi connectivity index (χ2v) is 9.09. The molecule has 0 radical (unpaired) electrons. The van der Waals surface area contributed by atoms with Gasteiger partial charge in [0, 0.05) is 29.4 Å². The van der Waals surface area contributed by atoms with Crippen LogP contribution in [-0.2, 0) is 33.4 Å². The van der Waals surface area contributed by atoms with Crippen molar-refractivity contribution in [2.75, 3.05) is 0 Å². The Labute approximate surface area is 177 Å². The van der Waals surface area contributed by atoms with Crippen molar-refractivity contribution in [3.8, 4) is 0 Å². The average Bonchev–Trinajstić information content (AvgIpc) is 3.12. The molecule has 0 aliphatic rings. The van der Waals surface area contributed by atoms with Gasteiger partial charge in [0.05, 0.1) is 4.90 Å². The number of aryl methyl sites for hydroxylation is 1. The number of benzene rings is 2. The van der Waals surface area contributed by atoms with Crippen LogP contribution in [0, 0.1) is 0 Å². The molecule has 0 saturated carbocycles. The van der Waals surface area contributed by atoms with Crippen molar-refractivity contribution in [2.24, 2.45) is 0 Å². The smallest absolute Gasteiger partial charge is 0.227 e. The monoisotopic (exact) mass is 453 g/mol. The van der Waals surface area contributed by atoms with Crippen LogP contribution in [0.1, 0.15) is 23.7 Å². The Morgan fingerprint density at radius 2 is 1.83 bits per heavy atom. The van der Waals surface area contributed by atoms with Crippen LogP contribution in [0.4, 0.5) is 0 Å². The van der Waals surface area contributed by atoms with E-state index in [9.17, 15) is 13.2 Å². The maximum absolute atomic E-state index is 12.4. The summed E-state index contributed by atoms with van der Waals surface area (Å²) in [5.74, 6) is -0.365. The lowest BCUT2D eigenvalue weighted by molar-refractivity contribution is -0.121. The van der Waals surface area contributed by atoms with Crippen molar-refractivity contribution in [1.82, 2.24) is 15.5 Å². The third-order valence-corrected chi connectivity index (χ3v) is 6.06. The largest absolute Gasteiger partial charge is 0.352 e. The summed E-state index contributed by atoms with van der Waals surface area (Å²) >= 11 is 11.7. The summed E-state index contributed by atoms with van der Waals surface area (Å²) in [6, 6.07) is 13.0. The van der Waals surface area contributed by atoms with E-state index in [-0.39, 0.29) is 35.4 Å². The van der Waals surface area contributed by atoms with Crippen LogP contribution in [0.15, 0.2) is 57.9 Å². The lowest BCUT2D eigenvalue weighted by Crippen LogP contribution is -2.23.